The maximum atomic E-state index is 12.3. The highest BCUT2D eigenvalue weighted by molar-refractivity contribution is 7.99. The fourth-order valence-corrected chi connectivity index (χ4v) is 2.60. The van der Waals surface area contributed by atoms with Gasteiger partial charge in [-0.05, 0) is 49.4 Å². The summed E-state index contributed by atoms with van der Waals surface area (Å²) in [5.41, 5.74) is 0.848. The third-order valence-corrected chi connectivity index (χ3v) is 4.10. The first-order valence-corrected chi connectivity index (χ1v) is 8.37. The van der Waals surface area contributed by atoms with E-state index >= 15 is 0 Å². The summed E-state index contributed by atoms with van der Waals surface area (Å²) in [6, 6.07) is 12.5. The second-order valence-corrected chi connectivity index (χ2v) is 6.38. The van der Waals surface area contributed by atoms with E-state index in [0.717, 1.165) is 0 Å². The van der Waals surface area contributed by atoms with E-state index in [-0.39, 0.29) is 10.8 Å². The number of amides is 1. The molecule has 0 heterocycles. The number of nitrogens with zero attached hydrogens (tertiary/aromatic N) is 1. The van der Waals surface area contributed by atoms with Crippen LogP contribution < -0.4 is 10.1 Å². The van der Waals surface area contributed by atoms with E-state index in [0.29, 0.717) is 27.9 Å². The van der Waals surface area contributed by atoms with E-state index in [4.69, 9.17) is 21.6 Å². The van der Waals surface area contributed by atoms with Crippen LogP contribution in [0.3, 0.4) is 0 Å². The largest absolute Gasteiger partial charge is 0.479 e. The molecule has 25 heavy (non-hydrogen) atoms. The van der Waals surface area contributed by atoms with Gasteiger partial charge in [0.1, 0.15) is 5.75 Å². The van der Waals surface area contributed by atoms with Crippen LogP contribution in [0.2, 0.25) is 5.02 Å². The molecule has 1 atom stereocenters. The Kier molecular flexibility index (Phi) is 6.62. The predicted molar refractivity (Wildman–Crippen MR) is 93.2 cm³/mol. The molecule has 8 heteroatoms. The van der Waals surface area contributed by atoms with E-state index in [9.17, 15) is 13.6 Å². The molecule has 1 amide bonds. The number of hydrogen-bond acceptors (Lipinski definition) is 4. The fraction of sp³-hybridized carbons (Fsp3) is 0.176. The smallest absolute Gasteiger partial charge is 0.288 e. The van der Waals surface area contributed by atoms with Crippen LogP contribution >= 0.6 is 23.4 Å². The number of anilines is 1. The second-order valence-electron chi connectivity index (χ2n) is 4.91. The van der Waals surface area contributed by atoms with Crippen LogP contribution in [0.15, 0.2) is 47.4 Å². The summed E-state index contributed by atoms with van der Waals surface area (Å²) >= 11 is 6.43. The van der Waals surface area contributed by atoms with Gasteiger partial charge in [0.05, 0.1) is 16.7 Å². The third kappa shape index (κ3) is 5.62. The van der Waals surface area contributed by atoms with Crippen molar-refractivity contribution in [3.63, 3.8) is 0 Å². The molecule has 0 aliphatic rings. The molecule has 2 aromatic rings. The quantitative estimate of drug-likeness (QED) is 0.719. The Hall–Kier alpha value is -2.30. The monoisotopic (exact) mass is 382 g/mol. The number of carbonyl (C=O) groups is 1. The Bertz CT molecular complexity index is 794. The Balaban J connectivity index is 1.97. The second kappa shape index (κ2) is 8.70. The Morgan fingerprint density at radius 2 is 1.96 bits per heavy atom. The van der Waals surface area contributed by atoms with Gasteiger partial charge < -0.3 is 10.1 Å². The third-order valence-electron chi connectivity index (χ3n) is 3.08. The van der Waals surface area contributed by atoms with Crippen LogP contribution in [0.5, 0.6) is 5.75 Å². The molecule has 0 spiro atoms. The van der Waals surface area contributed by atoms with Gasteiger partial charge in [-0.1, -0.05) is 23.4 Å². The van der Waals surface area contributed by atoms with Crippen molar-refractivity contribution in [3.8, 4) is 11.8 Å². The zero-order valence-corrected chi connectivity index (χ0v) is 14.6. The van der Waals surface area contributed by atoms with Crippen molar-refractivity contribution in [2.45, 2.75) is 23.7 Å². The molecule has 4 nitrogen and oxygen atoms in total. The molecule has 0 aromatic heterocycles. The fourth-order valence-electron chi connectivity index (χ4n) is 1.87. The molecular weight excluding hydrogens is 370 g/mol. The highest BCUT2D eigenvalue weighted by atomic mass is 35.5. The summed E-state index contributed by atoms with van der Waals surface area (Å²) in [7, 11) is 0. The van der Waals surface area contributed by atoms with Crippen molar-refractivity contribution in [3.05, 3.63) is 53.1 Å². The Morgan fingerprint density at radius 1 is 1.28 bits per heavy atom. The molecule has 0 saturated carbocycles. The number of alkyl halides is 2. The van der Waals surface area contributed by atoms with Crippen LogP contribution in [0.1, 0.15) is 12.5 Å². The molecule has 0 aliphatic carbocycles. The van der Waals surface area contributed by atoms with Crippen molar-refractivity contribution in [1.29, 1.82) is 5.26 Å². The first kappa shape index (κ1) is 19.0. The van der Waals surface area contributed by atoms with Crippen LogP contribution in [-0.4, -0.2) is 17.8 Å². The number of thioether (sulfide) groups is 1. The standard InChI is InChI=1S/C17H13ClF2N2O2S/c1-10(24-15-7-2-11(9-21)8-14(15)18)16(23)22-12-3-5-13(6-4-12)25-17(19)20/h2-8,10,17H,1H3,(H,22,23)/t10-/m1/s1. The first-order valence-electron chi connectivity index (χ1n) is 7.11. The molecule has 2 aromatic carbocycles. The summed E-state index contributed by atoms with van der Waals surface area (Å²) in [5, 5.41) is 11.7. The van der Waals surface area contributed by atoms with Crippen molar-refractivity contribution in [1.82, 2.24) is 0 Å². The van der Waals surface area contributed by atoms with E-state index in [1.807, 2.05) is 6.07 Å². The lowest BCUT2D eigenvalue weighted by Crippen LogP contribution is -2.30. The summed E-state index contributed by atoms with van der Waals surface area (Å²) in [6.07, 6.45) is -0.847. The molecule has 0 unspecified atom stereocenters. The van der Waals surface area contributed by atoms with Gasteiger partial charge in [0, 0.05) is 10.6 Å². The minimum Gasteiger partial charge on any atom is -0.479 e. The molecule has 2 rings (SSSR count). The van der Waals surface area contributed by atoms with Gasteiger partial charge in [0.15, 0.2) is 6.10 Å². The average Bonchev–Trinajstić information content (AvgIpc) is 2.57. The van der Waals surface area contributed by atoms with Crippen LogP contribution in [0.25, 0.3) is 0 Å². The number of ether oxygens (including phenoxy) is 1. The van der Waals surface area contributed by atoms with Crippen LogP contribution in [-0.2, 0) is 4.79 Å². The van der Waals surface area contributed by atoms with Gasteiger partial charge in [-0.3, -0.25) is 4.79 Å². The number of nitriles is 1. The minimum atomic E-state index is -2.49. The van der Waals surface area contributed by atoms with Crippen LogP contribution in [0, 0.1) is 11.3 Å². The van der Waals surface area contributed by atoms with Gasteiger partial charge in [-0.2, -0.15) is 14.0 Å². The summed E-state index contributed by atoms with van der Waals surface area (Å²) in [5.74, 6) is -2.63. The topological polar surface area (TPSA) is 62.1 Å². The normalized spacial score (nSPS) is 11.7. The highest BCUT2D eigenvalue weighted by Crippen LogP contribution is 2.27. The number of rotatable bonds is 6. The zero-order chi connectivity index (χ0) is 18.4. The van der Waals surface area contributed by atoms with Crippen LogP contribution in [0.4, 0.5) is 14.5 Å². The molecule has 1 N–H and O–H groups in total. The summed E-state index contributed by atoms with van der Waals surface area (Å²) in [6.45, 7) is 1.55. The maximum absolute atomic E-state index is 12.3. The molecule has 0 radical (unpaired) electrons. The van der Waals surface area contributed by atoms with Gasteiger partial charge >= 0.3 is 0 Å². The average molecular weight is 383 g/mol. The number of nitrogens with one attached hydrogen (secondary N) is 1. The van der Waals surface area contributed by atoms with E-state index < -0.39 is 17.8 Å². The highest BCUT2D eigenvalue weighted by Gasteiger charge is 2.17. The van der Waals surface area contributed by atoms with Crippen molar-refractivity contribution >= 4 is 35.0 Å². The number of benzene rings is 2. The number of carbonyl (C=O) groups excluding carboxylic acids is 1. The predicted octanol–water partition coefficient (Wildman–Crippen LogP) is 4.93. The van der Waals surface area contributed by atoms with Gasteiger partial charge in [-0.15, -0.1) is 0 Å². The van der Waals surface area contributed by atoms with Gasteiger partial charge in [0.25, 0.3) is 11.7 Å². The van der Waals surface area contributed by atoms with Gasteiger partial charge in [0.2, 0.25) is 0 Å². The maximum Gasteiger partial charge on any atom is 0.288 e. The lowest BCUT2D eigenvalue weighted by molar-refractivity contribution is -0.122. The zero-order valence-electron chi connectivity index (χ0n) is 13.0. The van der Waals surface area contributed by atoms with E-state index in [1.54, 1.807) is 6.92 Å². The lowest BCUT2D eigenvalue weighted by Gasteiger charge is -2.16. The van der Waals surface area contributed by atoms with Gasteiger partial charge in [-0.25, -0.2) is 0 Å². The molecule has 0 saturated heterocycles. The van der Waals surface area contributed by atoms with Crippen molar-refractivity contribution in [2.75, 3.05) is 5.32 Å². The lowest BCUT2D eigenvalue weighted by atomic mass is 10.2. The number of halogens is 3. The molecular formula is C17H13ClF2N2O2S. The summed E-state index contributed by atoms with van der Waals surface area (Å²) in [4.78, 5) is 12.6. The Morgan fingerprint density at radius 3 is 2.52 bits per heavy atom. The Labute approximate surface area is 152 Å². The molecule has 0 aliphatic heterocycles. The summed E-state index contributed by atoms with van der Waals surface area (Å²) < 4.78 is 30.0. The van der Waals surface area contributed by atoms with Crippen molar-refractivity contribution in [2.24, 2.45) is 0 Å². The molecule has 0 fully saturated rings. The molecule has 130 valence electrons. The first-order chi connectivity index (χ1) is 11.9. The van der Waals surface area contributed by atoms with Crippen molar-refractivity contribution < 1.29 is 18.3 Å². The van der Waals surface area contributed by atoms with E-state index in [2.05, 4.69) is 5.32 Å². The van der Waals surface area contributed by atoms with E-state index in [1.165, 1.54) is 42.5 Å². The minimum absolute atomic E-state index is 0.229. The molecule has 0 bridgehead atoms. The SMILES string of the molecule is C[C@@H](Oc1ccc(C#N)cc1Cl)C(=O)Nc1ccc(SC(F)F)cc1. The number of hydrogen-bond donors (Lipinski definition) is 1.